The van der Waals surface area contributed by atoms with Crippen molar-refractivity contribution in [3.63, 3.8) is 0 Å². The van der Waals surface area contributed by atoms with Gasteiger partial charge >= 0.3 is 0 Å². The number of halogens is 1. The fourth-order valence-corrected chi connectivity index (χ4v) is 3.02. The van der Waals surface area contributed by atoms with Crippen LogP contribution in [-0.4, -0.2) is 10.2 Å². The van der Waals surface area contributed by atoms with Gasteiger partial charge in [0.25, 0.3) is 5.24 Å². The number of carbonyl (C=O) groups excluding carboxylic acids is 1. The van der Waals surface area contributed by atoms with Crippen molar-refractivity contribution in [3.8, 4) is 11.3 Å². The number of pyridine rings is 1. The zero-order valence-corrected chi connectivity index (χ0v) is 13.1. The molecule has 3 aromatic rings. The van der Waals surface area contributed by atoms with Crippen LogP contribution in [0.2, 0.25) is 0 Å². The third kappa shape index (κ3) is 2.62. The molecular formula is C19H16ClNO. The summed E-state index contributed by atoms with van der Waals surface area (Å²) in [5, 5.41) is 0.407. The Hall–Kier alpha value is -2.19. The molecule has 0 saturated heterocycles. The average molecular weight is 310 g/mol. The third-order valence-electron chi connectivity index (χ3n) is 3.74. The Bertz CT molecular complexity index is 827. The molecule has 0 amide bonds. The summed E-state index contributed by atoms with van der Waals surface area (Å²) in [6.07, 6.45) is 1.70. The summed E-state index contributed by atoms with van der Waals surface area (Å²) in [5.74, 6) is 0. The van der Waals surface area contributed by atoms with Crippen LogP contribution in [0.3, 0.4) is 0 Å². The summed E-state index contributed by atoms with van der Waals surface area (Å²) >= 11 is 5.92. The lowest BCUT2D eigenvalue weighted by molar-refractivity contribution is 0.108. The molecule has 110 valence electrons. The van der Waals surface area contributed by atoms with Crippen LogP contribution >= 0.6 is 11.6 Å². The van der Waals surface area contributed by atoms with Crippen molar-refractivity contribution in [3.05, 3.63) is 65.7 Å². The molecule has 0 N–H and O–H groups in total. The number of hydrogen-bond acceptors (Lipinski definition) is 2. The molecule has 3 rings (SSSR count). The lowest BCUT2D eigenvalue weighted by atomic mass is 9.94. The van der Waals surface area contributed by atoms with Crippen molar-refractivity contribution in [2.24, 2.45) is 0 Å². The maximum absolute atomic E-state index is 12.1. The minimum Gasteiger partial charge on any atom is -0.276 e. The van der Waals surface area contributed by atoms with E-state index in [1.54, 1.807) is 0 Å². The molecule has 0 aliphatic carbocycles. The highest BCUT2D eigenvalue weighted by Gasteiger charge is 2.19. The molecule has 3 heteroatoms. The Labute approximate surface area is 134 Å². The first-order valence-electron chi connectivity index (χ1n) is 7.39. The van der Waals surface area contributed by atoms with Crippen LogP contribution in [0.4, 0.5) is 0 Å². The second kappa shape index (κ2) is 6.29. The van der Waals surface area contributed by atoms with Crippen LogP contribution in [-0.2, 0) is 6.42 Å². The lowest BCUT2D eigenvalue weighted by Gasteiger charge is -2.14. The van der Waals surface area contributed by atoms with Gasteiger partial charge in [-0.05, 0) is 29.7 Å². The molecule has 0 saturated carbocycles. The minimum absolute atomic E-state index is 0.417. The summed E-state index contributed by atoms with van der Waals surface area (Å²) in [5.41, 5.74) is 4.19. The van der Waals surface area contributed by atoms with Crippen molar-refractivity contribution in [1.29, 1.82) is 0 Å². The van der Waals surface area contributed by atoms with Gasteiger partial charge in [0, 0.05) is 16.5 Å². The number of hydrogen-bond donors (Lipinski definition) is 0. The van der Waals surface area contributed by atoms with E-state index in [-0.39, 0.29) is 0 Å². The first-order valence-corrected chi connectivity index (χ1v) is 7.77. The van der Waals surface area contributed by atoms with Crippen LogP contribution in [0.5, 0.6) is 0 Å². The number of para-hydroxylation sites is 1. The van der Waals surface area contributed by atoms with Gasteiger partial charge in [-0.1, -0.05) is 61.9 Å². The monoisotopic (exact) mass is 309 g/mol. The van der Waals surface area contributed by atoms with Crippen LogP contribution in [0.25, 0.3) is 22.2 Å². The lowest BCUT2D eigenvalue weighted by Crippen LogP contribution is -2.04. The van der Waals surface area contributed by atoms with Crippen LogP contribution < -0.4 is 0 Å². The van der Waals surface area contributed by atoms with E-state index in [9.17, 15) is 4.79 Å². The highest BCUT2D eigenvalue weighted by molar-refractivity contribution is 6.68. The normalized spacial score (nSPS) is 10.8. The van der Waals surface area contributed by atoms with E-state index in [4.69, 9.17) is 16.6 Å². The van der Waals surface area contributed by atoms with Gasteiger partial charge in [0.05, 0.1) is 11.2 Å². The first kappa shape index (κ1) is 14.7. The van der Waals surface area contributed by atoms with Gasteiger partial charge in [-0.25, -0.2) is 4.98 Å². The number of aromatic nitrogens is 1. The maximum atomic E-state index is 12.1. The number of carbonyl (C=O) groups is 1. The molecule has 2 nitrogen and oxygen atoms in total. The standard InChI is InChI=1S/C19H16ClNO/c1-2-8-15-17(19(20)22)14-11-6-7-12-16(14)21-18(15)13-9-4-3-5-10-13/h3-7,9-12H,2,8H2,1H3. The zero-order valence-electron chi connectivity index (χ0n) is 12.3. The predicted octanol–water partition coefficient (Wildman–Crippen LogP) is 5.23. The quantitative estimate of drug-likeness (QED) is 0.617. The Morgan fingerprint density at radius 3 is 2.41 bits per heavy atom. The molecule has 0 unspecified atom stereocenters. The molecule has 2 aromatic carbocycles. The molecule has 0 atom stereocenters. The molecule has 1 aromatic heterocycles. The summed E-state index contributed by atoms with van der Waals surface area (Å²) < 4.78 is 0. The van der Waals surface area contributed by atoms with E-state index in [0.717, 1.165) is 40.6 Å². The van der Waals surface area contributed by atoms with Gasteiger partial charge in [0.15, 0.2) is 0 Å². The van der Waals surface area contributed by atoms with Crippen LogP contribution in [0, 0.1) is 0 Å². The predicted molar refractivity (Wildman–Crippen MR) is 91.4 cm³/mol. The molecule has 22 heavy (non-hydrogen) atoms. The van der Waals surface area contributed by atoms with Crippen molar-refractivity contribution < 1.29 is 4.79 Å². The molecular weight excluding hydrogens is 294 g/mol. The van der Waals surface area contributed by atoms with Crippen molar-refractivity contribution in [2.75, 3.05) is 0 Å². The van der Waals surface area contributed by atoms with Gasteiger partial charge in [0.1, 0.15) is 0 Å². The fraction of sp³-hybridized carbons (Fsp3) is 0.158. The second-order valence-electron chi connectivity index (χ2n) is 5.22. The smallest absolute Gasteiger partial charge is 0.253 e. The molecule has 1 heterocycles. The number of rotatable bonds is 4. The Kier molecular flexibility index (Phi) is 4.21. The van der Waals surface area contributed by atoms with E-state index in [1.165, 1.54) is 0 Å². The summed E-state index contributed by atoms with van der Waals surface area (Å²) in [4.78, 5) is 16.9. The Morgan fingerprint density at radius 2 is 1.73 bits per heavy atom. The Morgan fingerprint density at radius 1 is 1.05 bits per heavy atom. The van der Waals surface area contributed by atoms with Crippen molar-refractivity contribution >= 4 is 27.7 Å². The SMILES string of the molecule is CCCc1c(-c2ccccc2)nc2ccccc2c1C(=O)Cl. The molecule has 0 fully saturated rings. The molecule has 0 aliphatic rings. The first-order chi connectivity index (χ1) is 10.7. The minimum atomic E-state index is -0.417. The van der Waals surface area contributed by atoms with Gasteiger partial charge in [-0.2, -0.15) is 0 Å². The summed E-state index contributed by atoms with van der Waals surface area (Å²) in [7, 11) is 0. The summed E-state index contributed by atoms with van der Waals surface area (Å²) in [6.45, 7) is 2.09. The van der Waals surface area contributed by atoms with Gasteiger partial charge < -0.3 is 0 Å². The number of fused-ring (bicyclic) bond motifs is 1. The molecule has 0 bridgehead atoms. The van der Waals surface area contributed by atoms with Gasteiger partial charge in [-0.15, -0.1) is 0 Å². The van der Waals surface area contributed by atoms with Crippen molar-refractivity contribution in [2.45, 2.75) is 19.8 Å². The van der Waals surface area contributed by atoms with E-state index < -0.39 is 5.24 Å². The zero-order chi connectivity index (χ0) is 15.5. The van der Waals surface area contributed by atoms with E-state index in [2.05, 4.69) is 6.92 Å². The molecule has 0 radical (unpaired) electrons. The maximum Gasteiger partial charge on any atom is 0.253 e. The Balaban J connectivity index is 2.40. The third-order valence-corrected chi connectivity index (χ3v) is 3.93. The number of nitrogens with zero attached hydrogens (tertiary/aromatic N) is 1. The topological polar surface area (TPSA) is 30.0 Å². The molecule has 0 spiro atoms. The fourth-order valence-electron chi connectivity index (χ4n) is 2.80. The highest BCUT2D eigenvalue weighted by Crippen LogP contribution is 2.32. The molecule has 0 aliphatic heterocycles. The van der Waals surface area contributed by atoms with E-state index >= 15 is 0 Å². The van der Waals surface area contributed by atoms with Crippen molar-refractivity contribution in [1.82, 2.24) is 4.98 Å². The summed E-state index contributed by atoms with van der Waals surface area (Å²) in [6, 6.07) is 17.6. The largest absolute Gasteiger partial charge is 0.276 e. The van der Waals surface area contributed by atoms with Crippen LogP contribution in [0.15, 0.2) is 54.6 Å². The number of benzene rings is 2. The van der Waals surface area contributed by atoms with E-state index in [0.29, 0.717) is 5.56 Å². The van der Waals surface area contributed by atoms with E-state index in [1.807, 2.05) is 54.6 Å². The average Bonchev–Trinajstić information content (AvgIpc) is 2.55. The van der Waals surface area contributed by atoms with Gasteiger partial charge in [-0.3, -0.25) is 4.79 Å². The highest BCUT2D eigenvalue weighted by atomic mass is 35.5. The second-order valence-corrected chi connectivity index (χ2v) is 5.56. The van der Waals surface area contributed by atoms with Gasteiger partial charge in [0.2, 0.25) is 0 Å². The van der Waals surface area contributed by atoms with Crippen LogP contribution in [0.1, 0.15) is 29.3 Å².